The highest BCUT2D eigenvalue weighted by Crippen LogP contribution is 2.24. The first-order chi connectivity index (χ1) is 9.53. The molecular weight excluding hydrogens is 276 g/mol. The van der Waals surface area contributed by atoms with Crippen molar-refractivity contribution in [3.8, 4) is 0 Å². The van der Waals surface area contributed by atoms with Gasteiger partial charge in [0.2, 0.25) is 11.8 Å². The maximum Gasteiger partial charge on any atom is 0.277 e. The van der Waals surface area contributed by atoms with Gasteiger partial charge in [-0.1, -0.05) is 32.0 Å². The number of amides is 1. The van der Waals surface area contributed by atoms with Gasteiger partial charge in [-0.05, 0) is 19.8 Å². The van der Waals surface area contributed by atoms with Gasteiger partial charge in [-0.3, -0.25) is 4.79 Å². The van der Waals surface area contributed by atoms with Gasteiger partial charge < -0.3 is 15.1 Å². The lowest BCUT2D eigenvalue weighted by molar-refractivity contribution is -0.127. The second-order valence-electron chi connectivity index (χ2n) is 4.67. The largest absolute Gasteiger partial charge is 0.414 e. The number of carbonyl (C=O) groups excluding carboxylic acids is 1. The minimum atomic E-state index is -0.250. The predicted octanol–water partition coefficient (Wildman–Crippen LogP) is 2.08. The van der Waals surface area contributed by atoms with Gasteiger partial charge in [0.05, 0.1) is 11.8 Å². The summed E-state index contributed by atoms with van der Waals surface area (Å²) in [6.07, 6.45) is 0.951. The molecule has 0 saturated heterocycles. The van der Waals surface area contributed by atoms with Crippen molar-refractivity contribution in [2.75, 3.05) is 18.8 Å². The number of aromatic nitrogens is 2. The number of hydrogen-bond donors (Lipinski definition) is 1. The molecule has 2 N–H and O–H groups in total. The van der Waals surface area contributed by atoms with E-state index in [4.69, 9.17) is 10.2 Å². The molecule has 0 spiro atoms. The van der Waals surface area contributed by atoms with Crippen LogP contribution in [0.4, 0.5) is 0 Å². The SMILES string of the molecule is CC[C@H](C)[C@H](N)c1nnc(SCC(=O)N(CC)CC)o1. The highest BCUT2D eigenvalue weighted by molar-refractivity contribution is 7.99. The van der Waals surface area contributed by atoms with Gasteiger partial charge in [0, 0.05) is 13.1 Å². The molecule has 0 aliphatic carbocycles. The molecule has 1 aromatic heterocycles. The molecule has 0 fully saturated rings. The topological polar surface area (TPSA) is 85.2 Å². The molecule has 114 valence electrons. The maximum atomic E-state index is 11.9. The summed E-state index contributed by atoms with van der Waals surface area (Å²) >= 11 is 1.26. The quantitative estimate of drug-likeness (QED) is 0.740. The van der Waals surface area contributed by atoms with E-state index in [1.54, 1.807) is 4.90 Å². The molecule has 0 bridgehead atoms. The Morgan fingerprint density at radius 3 is 2.55 bits per heavy atom. The van der Waals surface area contributed by atoms with Crippen LogP contribution in [0.3, 0.4) is 0 Å². The van der Waals surface area contributed by atoms with E-state index in [0.29, 0.717) is 30.0 Å². The Morgan fingerprint density at radius 2 is 2.00 bits per heavy atom. The molecule has 7 heteroatoms. The van der Waals surface area contributed by atoms with Crippen LogP contribution in [-0.2, 0) is 4.79 Å². The lowest BCUT2D eigenvalue weighted by Gasteiger charge is -2.17. The number of rotatable bonds is 8. The zero-order valence-electron chi connectivity index (χ0n) is 12.6. The summed E-state index contributed by atoms with van der Waals surface area (Å²) < 4.78 is 5.51. The van der Waals surface area contributed by atoms with Crippen LogP contribution in [-0.4, -0.2) is 39.8 Å². The van der Waals surface area contributed by atoms with E-state index >= 15 is 0 Å². The van der Waals surface area contributed by atoms with Gasteiger partial charge in [-0.2, -0.15) is 0 Å². The number of nitrogens with zero attached hydrogens (tertiary/aromatic N) is 3. The Kier molecular flexibility index (Phi) is 7.01. The third-order valence-corrected chi connectivity index (χ3v) is 4.20. The van der Waals surface area contributed by atoms with Crippen LogP contribution in [0.5, 0.6) is 0 Å². The monoisotopic (exact) mass is 300 g/mol. The fraction of sp³-hybridized carbons (Fsp3) is 0.769. The predicted molar refractivity (Wildman–Crippen MR) is 79.3 cm³/mol. The first kappa shape index (κ1) is 17.0. The molecule has 0 radical (unpaired) electrons. The molecule has 0 aromatic carbocycles. The zero-order chi connectivity index (χ0) is 15.1. The Labute approximate surface area is 124 Å². The molecule has 0 aliphatic rings. The van der Waals surface area contributed by atoms with Gasteiger partial charge in [0.15, 0.2) is 0 Å². The highest BCUT2D eigenvalue weighted by Gasteiger charge is 2.20. The number of hydrogen-bond acceptors (Lipinski definition) is 6. The highest BCUT2D eigenvalue weighted by atomic mass is 32.2. The molecular formula is C13H24N4O2S. The van der Waals surface area contributed by atoms with Gasteiger partial charge in [-0.25, -0.2) is 0 Å². The van der Waals surface area contributed by atoms with Crippen LogP contribution in [0.1, 0.15) is 46.0 Å². The first-order valence-electron chi connectivity index (χ1n) is 7.02. The molecule has 1 amide bonds. The summed E-state index contributed by atoms with van der Waals surface area (Å²) in [7, 11) is 0. The van der Waals surface area contributed by atoms with E-state index in [1.165, 1.54) is 11.8 Å². The van der Waals surface area contributed by atoms with Crippen LogP contribution < -0.4 is 5.73 Å². The Balaban J connectivity index is 2.54. The van der Waals surface area contributed by atoms with Crippen molar-refractivity contribution >= 4 is 17.7 Å². The van der Waals surface area contributed by atoms with E-state index in [9.17, 15) is 4.79 Å². The minimum Gasteiger partial charge on any atom is -0.414 e. The summed E-state index contributed by atoms with van der Waals surface area (Å²) in [6, 6.07) is -0.250. The summed E-state index contributed by atoms with van der Waals surface area (Å²) in [5, 5.41) is 8.30. The molecule has 1 heterocycles. The lowest BCUT2D eigenvalue weighted by atomic mass is 10.0. The third kappa shape index (κ3) is 4.49. The minimum absolute atomic E-state index is 0.0750. The Hall–Kier alpha value is -1.08. The molecule has 2 atom stereocenters. The molecule has 1 aromatic rings. The third-order valence-electron chi connectivity index (χ3n) is 3.40. The number of nitrogens with two attached hydrogens (primary N) is 1. The summed E-state index contributed by atoms with van der Waals surface area (Å²) in [6.45, 7) is 9.46. The Morgan fingerprint density at radius 1 is 1.35 bits per heavy atom. The molecule has 20 heavy (non-hydrogen) atoms. The summed E-state index contributed by atoms with van der Waals surface area (Å²) in [5.74, 6) is 1.11. The van der Waals surface area contributed by atoms with Crippen LogP contribution in [0.15, 0.2) is 9.64 Å². The fourth-order valence-corrected chi connectivity index (χ4v) is 2.37. The van der Waals surface area contributed by atoms with Crippen molar-refractivity contribution in [1.29, 1.82) is 0 Å². The first-order valence-corrected chi connectivity index (χ1v) is 8.01. The molecule has 0 aliphatic heterocycles. The van der Waals surface area contributed by atoms with Gasteiger partial charge in [0.1, 0.15) is 0 Å². The lowest BCUT2D eigenvalue weighted by Crippen LogP contribution is -2.31. The van der Waals surface area contributed by atoms with E-state index in [2.05, 4.69) is 17.1 Å². The normalized spacial score (nSPS) is 14.1. The van der Waals surface area contributed by atoms with Gasteiger partial charge in [-0.15, -0.1) is 10.2 Å². The molecule has 1 rings (SSSR count). The fourth-order valence-electron chi connectivity index (χ4n) is 1.70. The zero-order valence-corrected chi connectivity index (χ0v) is 13.4. The van der Waals surface area contributed by atoms with Crippen LogP contribution >= 0.6 is 11.8 Å². The van der Waals surface area contributed by atoms with Crippen LogP contribution in [0, 0.1) is 5.92 Å². The van der Waals surface area contributed by atoms with E-state index < -0.39 is 0 Å². The smallest absolute Gasteiger partial charge is 0.277 e. The van der Waals surface area contributed by atoms with E-state index in [0.717, 1.165) is 6.42 Å². The van der Waals surface area contributed by atoms with Crippen LogP contribution in [0.2, 0.25) is 0 Å². The van der Waals surface area contributed by atoms with Gasteiger partial charge >= 0.3 is 0 Å². The van der Waals surface area contributed by atoms with Crippen molar-refractivity contribution in [2.45, 2.75) is 45.4 Å². The molecule has 6 nitrogen and oxygen atoms in total. The summed E-state index contributed by atoms with van der Waals surface area (Å²) in [5.41, 5.74) is 6.03. The maximum absolute atomic E-state index is 11.9. The van der Waals surface area contributed by atoms with Crippen molar-refractivity contribution in [3.63, 3.8) is 0 Å². The number of carbonyl (C=O) groups is 1. The van der Waals surface area contributed by atoms with Crippen molar-refractivity contribution in [2.24, 2.45) is 11.7 Å². The second kappa shape index (κ2) is 8.26. The van der Waals surface area contributed by atoms with Crippen LogP contribution in [0.25, 0.3) is 0 Å². The average molecular weight is 300 g/mol. The average Bonchev–Trinajstić information content (AvgIpc) is 2.93. The Bertz CT molecular complexity index is 420. The van der Waals surface area contributed by atoms with Crippen molar-refractivity contribution in [3.05, 3.63) is 5.89 Å². The van der Waals surface area contributed by atoms with Crippen molar-refractivity contribution < 1.29 is 9.21 Å². The van der Waals surface area contributed by atoms with Crippen molar-refractivity contribution in [1.82, 2.24) is 15.1 Å². The van der Waals surface area contributed by atoms with E-state index in [1.807, 2.05) is 20.8 Å². The van der Waals surface area contributed by atoms with Gasteiger partial charge in [0.25, 0.3) is 5.22 Å². The number of thioether (sulfide) groups is 1. The summed E-state index contributed by atoms with van der Waals surface area (Å²) in [4.78, 5) is 13.6. The molecule has 0 saturated carbocycles. The molecule has 0 unspecified atom stereocenters. The van der Waals surface area contributed by atoms with E-state index in [-0.39, 0.29) is 17.9 Å². The second-order valence-corrected chi connectivity index (χ2v) is 5.60. The standard InChI is InChI=1S/C13H24N4O2S/c1-5-9(4)11(14)12-15-16-13(19-12)20-8-10(18)17(6-2)7-3/h9,11H,5-8,14H2,1-4H3/t9-,11-/m0/s1.